The zero-order valence-electron chi connectivity index (χ0n) is 20.7. The fourth-order valence-electron chi connectivity index (χ4n) is 5.77. The van der Waals surface area contributed by atoms with Crippen molar-refractivity contribution >= 4 is 16.6 Å². The molecule has 1 saturated carbocycles. The number of fused-ring (bicyclic) bond motifs is 3. The summed E-state index contributed by atoms with van der Waals surface area (Å²) in [6, 6.07) is 23.3. The standard InChI is InChI=1S/C30H30N6O/c31-30(13-4-14-30)22-9-7-21(8-10-22)28-24(20-5-2-1-3-6-20)17-25-26(32-28)12-16-36-27(33-34-29(25)36)19-35-15-11-23(37)18-35/h1-3,5-10,12,16-17,23,37H,4,11,13-15,18-19,31H2/t23-/m0/s1. The van der Waals surface area contributed by atoms with Gasteiger partial charge in [0.25, 0.3) is 0 Å². The lowest BCUT2D eigenvalue weighted by atomic mass is 9.72. The summed E-state index contributed by atoms with van der Waals surface area (Å²) in [6.45, 7) is 2.21. The van der Waals surface area contributed by atoms with Crippen LogP contribution in [0.4, 0.5) is 0 Å². The van der Waals surface area contributed by atoms with Crippen molar-refractivity contribution in [2.45, 2.75) is 43.9 Å². The molecule has 3 N–H and O–H groups in total. The molecule has 2 fully saturated rings. The van der Waals surface area contributed by atoms with E-state index in [4.69, 9.17) is 10.7 Å². The number of hydrogen-bond acceptors (Lipinski definition) is 6. The van der Waals surface area contributed by atoms with E-state index in [-0.39, 0.29) is 11.6 Å². The van der Waals surface area contributed by atoms with Crippen molar-refractivity contribution in [1.29, 1.82) is 0 Å². The van der Waals surface area contributed by atoms with E-state index in [1.807, 2.05) is 18.3 Å². The molecule has 0 bridgehead atoms. The predicted octanol–water partition coefficient (Wildman–Crippen LogP) is 4.52. The van der Waals surface area contributed by atoms with Gasteiger partial charge in [0.15, 0.2) is 11.5 Å². The molecule has 4 heterocycles. The molecule has 186 valence electrons. The highest BCUT2D eigenvalue weighted by atomic mass is 16.3. The maximum absolute atomic E-state index is 9.91. The molecule has 1 saturated heterocycles. The molecule has 3 aromatic heterocycles. The molecular weight excluding hydrogens is 460 g/mol. The summed E-state index contributed by atoms with van der Waals surface area (Å²) >= 11 is 0. The molecule has 1 atom stereocenters. The number of aliphatic hydroxyl groups excluding tert-OH is 1. The van der Waals surface area contributed by atoms with Crippen LogP contribution in [-0.2, 0) is 12.1 Å². The van der Waals surface area contributed by atoms with Crippen LogP contribution in [0.15, 0.2) is 72.9 Å². The molecule has 7 nitrogen and oxygen atoms in total. The van der Waals surface area contributed by atoms with Crippen LogP contribution < -0.4 is 5.73 Å². The molecule has 0 spiro atoms. The molecule has 1 aliphatic carbocycles. The Morgan fingerprint density at radius 2 is 1.78 bits per heavy atom. The summed E-state index contributed by atoms with van der Waals surface area (Å²) in [7, 11) is 0. The number of pyridine rings is 2. The van der Waals surface area contributed by atoms with Crippen LogP contribution in [0.1, 0.15) is 37.1 Å². The van der Waals surface area contributed by atoms with Gasteiger partial charge in [-0.1, -0.05) is 54.6 Å². The summed E-state index contributed by atoms with van der Waals surface area (Å²) in [4.78, 5) is 7.39. The largest absolute Gasteiger partial charge is 0.392 e. The average molecular weight is 491 g/mol. The first-order chi connectivity index (χ1) is 18.1. The minimum Gasteiger partial charge on any atom is -0.392 e. The van der Waals surface area contributed by atoms with E-state index in [9.17, 15) is 5.11 Å². The molecule has 7 heteroatoms. The average Bonchev–Trinajstić information content (AvgIpc) is 3.53. The first-order valence-electron chi connectivity index (χ1n) is 13.1. The van der Waals surface area contributed by atoms with Gasteiger partial charge in [0, 0.05) is 41.3 Å². The second-order valence-electron chi connectivity index (χ2n) is 10.6. The van der Waals surface area contributed by atoms with E-state index in [1.165, 1.54) is 12.0 Å². The highest BCUT2D eigenvalue weighted by Gasteiger charge is 2.34. The van der Waals surface area contributed by atoms with E-state index in [0.717, 1.165) is 70.6 Å². The number of rotatable bonds is 5. The number of nitrogens with zero attached hydrogens (tertiary/aromatic N) is 5. The number of aliphatic hydroxyl groups is 1. The minimum absolute atomic E-state index is 0.179. The third kappa shape index (κ3) is 3.91. The van der Waals surface area contributed by atoms with Crippen molar-refractivity contribution in [3.8, 4) is 22.4 Å². The molecule has 2 aliphatic rings. The van der Waals surface area contributed by atoms with Crippen LogP contribution in [0.2, 0.25) is 0 Å². The van der Waals surface area contributed by atoms with E-state index in [2.05, 4.69) is 74.1 Å². The van der Waals surface area contributed by atoms with Gasteiger partial charge in [0.2, 0.25) is 0 Å². The number of β-amino-alcohol motifs (C(OH)–C–C–N with tert-alkyl or cyclic N) is 1. The number of nitrogens with two attached hydrogens (primary N) is 1. The zero-order chi connectivity index (χ0) is 25.0. The van der Waals surface area contributed by atoms with Crippen molar-refractivity contribution in [2.24, 2.45) is 5.73 Å². The monoisotopic (exact) mass is 490 g/mol. The van der Waals surface area contributed by atoms with Crippen LogP contribution in [0.25, 0.3) is 38.9 Å². The smallest absolute Gasteiger partial charge is 0.170 e. The SMILES string of the molecule is NC1(c2ccc(-c3nc4ccn5c(CN6CC[C@H](O)C6)nnc5c4cc3-c3ccccc3)cc2)CCC1. The van der Waals surface area contributed by atoms with E-state index in [1.54, 1.807) is 0 Å². The first-order valence-corrected chi connectivity index (χ1v) is 13.1. The Morgan fingerprint density at radius 1 is 0.973 bits per heavy atom. The van der Waals surface area contributed by atoms with Crippen LogP contribution in [0.3, 0.4) is 0 Å². The summed E-state index contributed by atoms with van der Waals surface area (Å²) in [5.41, 5.74) is 13.5. The number of benzene rings is 2. The molecule has 0 radical (unpaired) electrons. The Kier molecular flexibility index (Phi) is 5.32. The van der Waals surface area contributed by atoms with Crippen LogP contribution in [-0.4, -0.2) is 48.8 Å². The van der Waals surface area contributed by atoms with Gasteiger partial charge in [-0.25, -0.2) is 4.98 Å². The minimum atomic E-state index is -0.255. The van der Waals surface area contributed by atoms with Gasteiger partial charge in [0.05, 0.1) is 23.9 Å². The number of likely N-dealkylation sites (tertiary alicyclic amines) is 1. The Morgan fingerprint density at radius 3 is 2.49 bits per heavy atom. The van der Waals surface area contributed by atoms with Crippen LogP contribution >= 0.6 is 0 Å². The number of aromatic nitrogens is 4. The van der Waals surface area contributed by atoms with Crippen LogP contribution in [0.5, 0.6) is 0 Å². The van der Waals surface area contributed by atoms with Gasteiger partial charge in [-0.15, -0.1) is 10.2 Å². The molecule has 1 aliphatic heterocycles. The second kappa shape index (κ2) is 8.73. The Hall–Kier alpha value is -3.65. The van der Waals surface area contributed by atoms with Crippen molar-refractivity contribution in [1.82, 2.24) is 24.5 Å². The lowest BCUT2D eigenvalue weighted by molar-refractivity contribution is 0.174. The summed E-state index contributed by atoms with van der Waals surface area (Å²) in [5.74, 6) is 0.874. The van der Waals surface area contributed by atoms with Gasteiger partial charge in [-0.3, -0.25) is 9.30 Å². The zero-order valence-corrected chi connectivity index (χ0v) is 20.7. The highest BCUT2D eigenvalue weighted by molar-refractivity contribution is 5.98. The van der Waals surface area contributed by atoms with Gasteiger partial charge in [-0.05, 0) is 48.9 Å². The molecule has 5 aromatic rings. The fourth-order valence-corrected chi connectivity index (χ4v) is 5.77. The third-order valence-electron chi connectivity index (χ3n) is 8.12. The fraction of sp³-hybridized carbons (Fsp3) is 0.300. The molecule has 0 amide bonds. The lowest BCUT2D eigenvalue weighted by Gasteiger charge is -2.38. The predicted molar refractivity (Wildman–Crippen MR) is 145 cm³/mol. The molecule has 37 heavy (non-hydrogen) atoms. The summed E-state index contributed by atoms with van der Waals surface area (Å²) in [6.07, 6.45) is 5.85. The van der Waals surface area contributed by atoms with Crippen molar-refractivity contribution in [3.63, 3.8) is 0 Å². The van der Waals surface area contributed by atoms with Gasteiger partial charge in [0.1, 0.15) is 0 Å². The van der Waals surface area contributed by atoms with E-state index in [0.29, 0.717) is 13.1 Å². The lowest BCUT2D eigenvalue weighted by Crippen LogP contribution is -2.43. The Labute approximate surface area is 215 Å². The van der Waals surface area contributed by atoms with Crippen molar-refractivity contribution in [2.75, 3.05) is 13.1 Å². The maximum atomic E-state index is 9.91. The second-order valence-corrected chi connectivity index (χ2v) is 10.6. The van der Waals surface area contributed by atoms with Gasteiger partial charge in [-0.2, -0.15) is 0 Å². The molecule has 0 unspecified atom stereocenters. The quantitative estimate of drug-likeness (QED) is 0.376. The summed E-state index contributed by atoms with van der Waals surface area (Å²) in [5, 5.41) is 20.0. The number of hydrogen-bond donors (Lipinski definition) is 2. The summed E-state index contributed by atoms with van der Waals surface area (Å²) < 4.78 is 2.05. The van der Waals surface area contributed by atoms with Gasteiger partial charge >= 0.3 is 0 Å². The third-order valence-corrected chi connectivity index (χ3v) is 8.12. The first kappa shape index (κ1) is 22.5. The molecule has 2 aromatic carbocycles. The van der Waals surface area contributed by atoms with Crippen LogP contribution in [0, 0.1) is 0 Å². The maximum Gasteiger partial charge on any atom is 0.170 e. The normalized spacial score (nSPS) is 19.5. The topological polar surface area (TPSA) is 92.6 Å². The molecule has 7 rings (SSSR count). The van der Waals surface area contributed by atoms with Crippen molar-refractivity contribution in [3.05, 3.63) is 84.3 Å². The Balaban J connectivity index is 1.35. The molecular formula is C30H30N6O. The van der Waals surface area contributed by atoms with Gasteiger partial charge < -0.3 is 10.8 Å². The van der Waals surface area contributed by atoms with E-state index >= 15 is 0 Å². The Bertz CT molecular complexity index is 1590. The van der Waals surface area contributed by atoms with E-state index < -0.39 is 0 Å². The van der Waals surface area contributed by atoms with Crippen molar-refractivity contribution < 1.29 is 5.11 Å². The highest BCUT2D eigenvalue weighted by Crippen LogP contribution is 2.40.